The molecule has 5 heteroatoms. The molecule has 0 saturated carbocycles. The van der Waals surface area contributed by atoms with Gasteiger partial charge in [0.2, 0.25) is 0 Å². The molecule has 0 aliphatic carbocycles. The second kappa shape index (κ2) is 9.65. The lowest BCUT2D eigenvalue weighted by Gasteiger charge is -2.15. The van der Waals surface area contributed by atoms with Gasteiger partial charge in [-0.05, 0) is 17.5 Å². The maximum atomic E-state index is 10.9. The van der Waals surface area contributed by atoms with E-state index >= 15 is 0 Å². The van der Waals surface area contributed by atoms with E-state index < -0.39 is 0 Å². The molecule has 0 radical (unpaired) electrons. The van der Waals surface area contributed by atoms with Crippen LogP contribution in [0.1, 0.15) is 46.8 Å². The van der Waals surface area contributed by atoms with Crippen LogP contribution in [0.15, 0.2) is 59.8 Å². The Hall–Kier alpha value is -2.76. The molecule has 0 aromatic heterocycles. The molecule has 1 aliphatic rings. The molecule has 1 heterocycles. The summed E-state index contributed by atoms with van der Waals surface area (Å²) in [6.45, 7) is 4.76. The summed E-state index contributed by atoms with van der Waals surface area (Å²) in [4.78, 5) is 19.4. The summed E-state index contributed by atoms with van der Waals surface area (Å²) >= 11 is 0. The molecule has 0 spiro atoms. The van der Waals surface area contributed by atoms with Crippen LogP contribution < -0.4 is 5.90 Å². The Balaban J connectivity index is 0.000000758. The van der Waals surface area contributed by atoms with Gasteiger partial charge in [0.1, 0.15) is 24.9 Å². The number of ether oxygens (including phenoxy) is 1. The normalized spacial score (nSPS) is 13.1. The second-order valence-corrected chi connectivity index (χ2v) is 6.13. The lowest BCUT2D eigenvalue weighted by atomic mass is 10.0. The summed E-state index contributed by atoms with van der Waals surface area (Å²) in [5, 5.41) is 0. The van der Waals surface area contributed by atoms with Gasteiger partial charge in [-0.15, -0.1) is 0 Å². The van der Waals surface area contributed by atoms with E-state index in [1.807, 2.05) is 18.2 Å². The van der Waals surface area contributed by atoms with Crippen LogP contribution in [0, 0.1) is 0 Å². The minimum Gasteiger partial charge on any atom is -0.493 e. The third kappa shape index (κ3) is 5.12. The van der Waals surface area contributed by atoms with Crippen molar-refractivity contribution in [3.63, 3.8) is 0 Å². The zero-order valence-corrected chi connectivity index (χ0v) is 15.3. The average Bonchev–Trinajstić information content (AvgIpc) is 2.69. The summed E-state index contributed by atoms with van der Waals surface area (Å²) in [7, 11) is 1.40. The first-order valence-corrected chi connectivity index (χ1v) is 8.37. The highest BCUT2D eigenvalue weighted by Gasteiger charge is 2.13. The highest BCUT2D eigenvalue weighted by atomic mass is 16.6. The first-order valence-electron chi connectivity index (χ1n) is 8.37. The lowest BCUT2D eigenvalue weighted by Crippen LogP contribution is -2.13. The molecule has 0 bridgehead atoms. The van der Waals surface area contributed by atoms with Gasteiger partial charge in [0.05, 0.1) is 12.8 Å². The van der Waals surface area contributed by atoms with Gasteiger partial charge in [-0.2, -0.15) is 0 Å². The Kier molecular flexibility index (Phi) is 7.26. The van der Waals surface area contributed by atoms with Crippen molar-refractivity contribution < 1.29 is 14.4 Å². The first kappa shape index (κ1) is 19.6. The predicted octanol–water partition coefficient (Wildman–Crippen LogP) is 3.95. The molecule has 0 saturated heterocycles. The van der Waals surface area contributed by atoms with Gasteiger partial charge in [0, 0.05) is 16.7 Å². The molecule has 1 aliphatic heterocycles. The number of aldehydes is 1. The zero-order valence-electron chi connectivity index (χ0n) is 15.3. The van der Waals surface area contributed by atoms with Crippen molar-refractivity contribution >= 4 is 17.7 Å². The lowest BCUT2D eigenvalue weighted by molar-refractivity contribution is 0.112. The number of hydrogen-bond acceptors (Lipinski definition) is 5. The van der Waals surface area contributed by atoms with Crippen LogP contribution >= 0.6 is 0 Å². The largest absolute Gasteiger partial charge is 0.493 e. The summed E-state index contributed by atoms with van der Waals surface area (Å²) < 4.78 is 5.57. The molecule has 26 heavy (non-hydrogen) atoms. The predicted molar refractivity (Wildman–Crippen MR) is 104 cm³/mol. The number of hydrogen-bond donors (Lipinski definition) is 1. The number of rotatable bonds is 4. The van der Waals surface area contributed by atoms with Gasteiger partial charge in [-0.3, -0.25) is 4.79 Å². The van der Waals surface area contributed by atoms with E-state index in [1.165, 1.54) is 12.7 Å². The molecule has 2 aromatic rings. The third-order valence-electron chi connectivity index (χ3n) is 3.90. The Morgan fingerprint density at radius 3 is 2.46 bits per heavy atom. The minimum atomic E-state index is 0.413. The standard InChI is InChI=1S/C20H19NO2.CH5NO/c1-14(2)16-6-8-17(9-7-16)19-12-23-13-20(21-19)18-5-3-4-15(10-18)11-22;1-3-2/h3-12,14H,13H2,1-2H3;2H2,1H3. The smallest absolute Gasteiger partial charge is 0.150 e. The Morgan fingerprint density at radius 2 is 1.85 bits per heavy atom. The van der Waals surface area contributed by atoms with E-state index in [1.54, 1.807) is 12.3 Å². The number of carbonyl (C=O) groups is 1. The molecule has 136 valence electrons. The minimum absolute atomic E-state index is 0.413. The van der Waals surface area contributed by atoms with Crippen LogP contribution in [-0.4, -0.2) is 25.7 Å². The Bertz CT molecular complexity index is 793. The van der Waals surface area contributed by atoms with E-state index in [9.17, 15) is 4.79 Å². The third-order valence-corrected chi connectivity index (χ3v) is 3.90. The van der Waals surface area contributed by atoms with E-state index in [2.05, 4.69) is 48.8 Å². The molecular weight excluding hydrogens is 328 g/mol. The van der Waals surface area contributed by atoms with Crippen molar-refractivity contribution in [3.05, 3.63) is 77.0 Å². The average molecular weight is 352 g/mol. The van der Waals surface area contributed by atoms with Crippen molar-refractivity contribution in [1.82, 2.24) is 0 Å². The van der Waals surface area contributed by atoms with Gasteiger partial charge in [-0.1, -0.05) is 56.3 Å². The van der Waals surface area contributed by atoms with Crippen LogP contribution in [0.5, 0.6) is 0 Å². The maximum Gasteiger partial charge on any atom is 0.150 e. The van der Waals surface area contributed by atoms with Crippen molar-refractivity contribution in [2.75, 3.05) is 13.7 Å². The molecular formula is C21H24N2O3. The van der Waals surface area contributed by atoms with Gasteiger partial charge in [-0.25, -0.2) is 10.9 Å². The van der Waals surface area contributed by atoms with Crippen molar-refractivity contribution in [1.29, 1.82) is 0 Å². The van der Waals surface area contributed by atoms with Crippen molar-refractivity contribution in [2.24, 2.45) is 10.9 Å². The topological polar surface area (TPSA) is 73.9 Å². The number of aliphatic imine (C=N–C) groups is 1. The maximum absolute atomic E-state index is 10.9. The SMILES string of the molecule is CC(C)c1ccc(C2=COCC(c3cccc(C=O)c3)=N2)cc1.CON. The summed E-state index contributed by atoms with van der Waals surface area (Å²) in [6, 6.07) is 15.8. The van der Waals surface area contributed by atoms with Crippen LogP contribution in [0.4, 0.5) is 0 Å². The van der Waals surface area contributed by atoms with Crippen LogP contribution in [-0.2, 0) is 9.57 Å². The Labute approximate surface area is 154 Å². The van der Waals surface area contributed by atoms with Crippen LogP contribution in [0.25, 0.3) is 5.70 Å². The first-order chi connectivity index (χ1) is 12.6. The number of nitrogens with zero attached hydrogens (tertiary/aromatic N) is 1. The molecule has 0 atom stereocenters. The molecule has 5 nitrogen and oxygen atoms in total. The van der Waals surface area contributed by atoms with Gasteiger partial charge < -0.3 is 9.57 Å². The molecule has 2 N–H and O–H groups in total. The van der Waals surface area contributed by atoms with E-state index in [0.29, 0.717) is 18.1 Å². The van der Waals surface area contributed by atoms with Crippen molar-refractivity contribution in [3.8, 4) is 0 Å². The van der Waals surface area contributed by atoms with Crippen LogP contribution in [0.2, 0.25) is 0 Å². The number of carbonyl (C=O) groups excluding carboxylic acids is 1. The van der Waals surface area contributed by atoms with Gasteiger partial charge in [0.25, 0.3) is 0 Å². The fourth-order valence-electron chi connectivity index (χ4n) is 2.51. The fourth-order valence-corrected chi connectivity index (χ4v) is 2.51. The molecule has 3 rings (SSSR count). The number of benzene rings is 2. The van der Waals surface area contributed by atoms with Gasteiger partial charge >= 0.3 is 0 Å². The van der Waals surface area contributed by atoms with Crippen molar-refractivity contribution in [2.45, 2.75) is 19.8 Å². The quantitative estimate of drug-likeness (QED) is 0.668. The highest BCUT2D eigenvalue weighted by Crippen LogP contribution is 2.23. The van der Waals surface area contributed by atoms with E-state index in [0.717, 1.165) is 28.8 Å². The highest BCUT2D eigenvalue weighted by molar-refractivity contribution is 6.05. The fraction of sp³-hybridized carbons (Fsp3) is 0.238. The van der Waals surface area contributed by atoms with E-state index in [-0.39, 0.29) is 0 Å². The molecule has 0 amide bonds. The molecule has 0 unspecified atom stereocenters. The molecule has 0 fully saturated rings. The Morgan fingerprint density at radius 1 is 1.15 bits per heavy atom. The van der Waals surface area contributed by atoms with E-state index in [4.69, 9.17) is 9.73 Å². The van der Waals surface area contributed by atoms with Gasteiger partial charge in [0.15, 0.2) is 0 Å². The van der Waals surface area contributed by atoms with Crippen LogP contribution in [0.3, 0.4) is 0 Å². The monoisotopic (exact) mass is 352 g/mol. The summed E-state index contributed by atoms with van der Waals surface area (Å²) in [5.41, 5.74) is 5.52. The zero-order chi connectivity index (χ0) is 18.9. The molecule has 2 aromatic carbocycles. The summed E-state index contributed by atoms with van der Waals surface area (Å²) in [5.74, 6) is 4.85. The second-order valence-electron chi connectivity index (χ2n) is 6.13. The number of nitrogens with two attached hydrogens (primary N) is 1. The summed E-state index contributed by atoms with van der Waals surface area (Å²) in [6.07, 6.45) is 2.53.